The van der Waals surface area contributed by atoms with Gasteiger partial charge in [-0.2, -0.15) is 5.10 Å². The van der Waals surface area contributed by atoms with E-state index in [1.807, 2.05) is 30.1 Å². The molecular weight excluding hydrogens is 452 g/mol. The number of nitrogens with zero attached hydrogens (tertiary/aromatic N) is 1. The molecule has 3 aromatic carbocycles. The smallest absolute Gasteiger partial charge is 0.328 e. The molecule has 2 N–H and O–H groups in total. The van der Waals surface area contributed by atoms with E-state index in [1.54, 1.807) is 6.08 Å². The van der Waals surface area contributed by atoms with Crippen LogP contribution >= 0.6 is 11.8 Å². The summed E-state index contributed by atoms with van der Waals surface area (Å²) in [5, 5.41) is 17.3. The number of carboxylic acid groups (broad SMARTS) is 1. The van der Waals surface area contributed by atoms with Gasteiger partial charge in [0.2, 0.25) is 0 Å². The molecule has 5 rings (SSSR count). The number of hydrogen-bond acceptors (Lipinski definition) is 3. The highest BCUT2D eigenvalue weighted by molar-refractivity contribution is 8.08. The number of aromatic amines is 1. The summed E-state index contributed by atoms with van der Waals surface area (Å²) in [4.78, 5) is 12.2. The standard InChI is InChI=1S/C30H26N2O2S/c1-2-26(25-17-28(35-19-25)21-6-4-3-5-7-21)30(23-13-14-27-24(16-23)18-31-32-27)22-11-8-20(9-12-22)10-15-29(33)34/h3-18,25H,2,19H2,1H3,(H,31,32)(H,33,34)/b15-10+,30-26+. The molecule has 0 aliphatic carbocycles. The predicted molar refractivity (Wildman–Crippen MR) is 146 cm³/mol. The molecule has 4 aromatic rings. The van der Waals surface area contributed by atoms with Crippen LogP contribution in [-0.2, 0) is 4.79 Å². The number of rotatable bonds is 7. The zero-order valence-corrected chi connectivity index (χ0v) is 20.3. The number of nitrogens with one attached hydrogen (secondary N) is 1. The van der Waals surface area contributed by atoms with Gasteiger partial charge in [-0.3, -0.25) is 5.10 Å². The molecular formula is C30H26N2O2S. The topological polar surface area (TPSA) is 66.0 Å². The Morgan fingerprint density at radius 2 is 1.86 bits per heavy atom. The van der Waals surface area contributed by atoms with E-state index in [1.165, 1.54) is 27.7 Å². The summed E-state index contributed by atoms with van der Waals surface area (Å²) in [5.74, 6) is 0.405. The van der Waals surface area contributed by atoms with Gasteiger partial charge in [-0.25, -0.2) is 4.79 Å². The summed E-state index contributed by atoms with van der Waals surface area (Å²) in [7, 11) is 0. The van der Waals surface area contributed by atoms with Crippen LogP contribution in [0, 0.1) is 5.92 Å². The number of aliphatic carboxylic acids is 1. The number of carbonyl (C=O) groups is 1. The number of carboxylic acids is 1. The van der Waals surface area contributed by atoms with Crippen LogP contribution < -0.4 is 0 Å². The van der Waals surface area contributed by atoms with Crippen molar-refractivity contribution >= 4 is 45.2 Å². The van der Waals surface area contributed by atoms with E-state index in [9.17, 15) is 4.79 Å². The molecule has 35 heavy (non-hydrogen) atoms. The summed E-state index contributed by atoms with van der Waals surface area (Å²) in [6.07, 6.45) is 8.00. The number of H-pyrrole nitrogens is 1. The van der Waals surface area contributed by atoms with Gasteiger partial charge in [0.1, 0.15) is 0 Å². The zero-order valence-electron chi connectivity index (χ0n) is 19.4. The van der Waals surface area contributed by atoms with Crippen LogP contribution in [0.25, 0.3) is 27.5 Å². The SMILES string of the molecule is CC/C(=C(/c1ccc(/C=C/C(=O)O)cc1)c1ccc2[nH]ncc2c1)C1C=C(c2ccccc2)SC1. The van der Waals surface area contributed by atoms with Gasteiger partial charge in [-0.1, -0.05) is 79.2 Å². The molecule has 0 bridgehead atoms. The lowest BCUT2D eigenvalue weighted by molar-refractivity contribution is -0.131. The summed E-state index contributed by atoms with van der Waals surface area (Å²) < 4.78 is 0. The van der Waals surface area contributed by atoms with Crippen molar-refractivity contribution in [3.63, 3.8) is 0 Å². The number of aromatic nitrogens is 2. The average molecular weight is 479 g/mol. The van der Waals surface area contributed by atoms with Crippen LogP contribution in [0.4, 0.5) is 0 Å². The summed E-state index contributed by atoms with van der Waals surface area (Å²) in [6, 6.07) is 25.2. The molecule has 0 radical (unpaired) electrons. The van der Waals surface area contributed by atoms with E-state index in [0.717, 1.165) is 39.8 Å². The van der Waals surface area contributed by atoms with Gasteiger partial charge in [0.15, 0.2) is 0 Å². The van der Waals surface area contributed by atoms with E-state index in [2.05, 4.69) is 83.9 Å². The quantitative estimate of drug-likeness (QED) is 0.274. The lowest BCUT2D eigenvalue weighted by Gasteiger charge is -2.20. The van der Waals surface area contributed by atoms with Crippen molar-refractivity contribution in [2.45, 2.75) is 13.3 Å². The lowest BCUT2D eigenvalue weighted by Crippen LogP contribution is -2.05. The number of benzene rings is 3. The van der Waals surface area contributed by atoms with Crippen molar-refractivity contribution in [3.05, 3.63) is 119 Å². The minimum absolute atomic E-state index is 0.335. The molecule has 1 unspecified atom stereocenters. The monoisotopic (exact) mass is 478 g/mol. The second-order valence-electron chi connectivity index (χ2n) is 8.53. The van der Waals surface area contributed by atoms with Crippen LogP contribution in [0.1, 0.15) is 35.6 Å². The first-order valence-corrected chi connectivity index (χ1v) is 12.7. The zero-order chi connectivity index (χ0) is 24.2. The maximum Gasteiger partial charge on any atom is 0.328 e. The third-order valence-electron chi connectivity index (χ3n) is 6.33. The van der Waals surface area contributed by atoms with Crippen LogP contribution in [0.5, 0.6) is 0 Å². The first-order valence-electron chi connectivity index (χ1n) is 11.7. The van der Waals surface area contributed by atoms with Gasteiger partial charge in [-0.15, -0.1) is 11.8 Å². The van der Waals surface area contributed by atoms with E-state index < -0.39 is 5.97 Å². The molecule has 1 aromatic heterocycles. The first-order chi connectivity index (χ1) is 17.1. The highest BCUT2D eigenvalue weighted by atomic mass is 32.2. The van der Waals surface area contributed by atoms with E-state index in [4.69, 9.17) is 5.11 Å². The van der Waals surface area contributed by atoms with Crippen LogP contribution in [0.3, 0.4) is 0 Å². The summed E-state index contributed by atoms with van der Waals surface area (Å²) >= 11 is 1.92. The van der Waals surface area contributed by atoms with E-state index in [0.29, 0.717) is 5.92 Å². The molecule has 1 aliphatic rings. The Bertz CT molecular complexity index is 1450. The molecule has 0 amide bonds. The van der Waals surface area contributed by atoms with Crippen LogP contribution in [-0.4, -0.2) is 27.0 Å². The summed E-state index contributed by atoms with van der Waals surface area (Å²) in [5.41, 5.74) is 8.08. The molecule has 0 saturated carbocycles. The van der Waals surface area contributed by atoms with Crippen LogP contribution in [0.2, 0.25) is 0 Å². The van der Waals surface area contributed by atoms with Crippen molar-refractivity contribution < 1.29 is 9.90 Å². The fourth-order valence-electron chi connectivity index (χ4n) is 4.63. The van der Waals surface area contributed by atoms with Crippen molar-refractivity contribution in [1.29, 1.82) is 0 Å². The number of hydrogen-bond donors (Lipinski definition) is 2. The predicted octanol–water partition coefficient (Wildman–Crippen LogP) is 7.28. The van der Waals surface area contributed by atoms with Crippen molar-refractivity contribution in [3.8, 4) is 0 Å². The number of fused-ring (bicyclic) bond motifs is 1. The lowest BCUT2D eigenvalue weighted by atomic mass is 9.85. The van der Waals surface area contributed by atoms with Gasteiger partial charge < -0.3 is 5.11 Å². The Morgan fingerprint density at radius 1 is 1.09 bits per heavy atom. The normalized spacial score (nSPS) is 16.5. The molecule has 4 nitrogen and oxygen atoms in total. The maximum absolute atomic E-state index is 10.9. The Labute approximate surface area is 209 Å². The molecule has 5 heteroatoms. The highest BCUT2D eigenvalue weighted by Gasteiger charge is 2.24. The maximum atomic E-state index is 10.9. The van der Waals surface area contributed by atoms with E-state index in [-0.39, 0.29) is 0 Å². The largest absolute Gasteiger partial charge is 0.478 e. The Hall–Kier alpha value is -3.83. The van der Waals surface area contributed by atoms with Gasteiger partial charge in [0.25, 0.3) is 0 Å². The highest BCUT2D eigenvalue weighted by Crippen LogP contribution is 2.43. The minimum Gasteiger partial charge on any atom is -0.478 e. The van der Waals surface area contributed by atoms with Crippen molar-refractivity contribution in [2.24, 2.45) is 5.92 Å². The second kappa shape index (κ2) is 10.2. The molecule has 2 heterocycles. The van der Waals surface area contributed by atoms with Crippen molar-refractivity contribution in [2.75, 3.05) is 5.75 Å². The Kier molecular flexibility index (Phi) is 6.68. The average Bonchev–Trinajstić information content (AvgIpc) is 3.56. The molecule has 0 fully saturated rings. The van der Waals surface area contributed by atoms with Gasteiger partial charge in [0, 0.05) is 28.0 Å². The molecule has 0 spiro atoms. The fraction of sp³-hybridized carbons (Fsp3) is 0.133. The second-order valence-corrected chi connectivity index (χ2v) is 9.60. The third-order valence-corrected chi connectivity index (χ3v) is 7.53. The van der Waals surface area contributed by atoms with Crippen LogP contribution in [0.15, 0.2) is 96.7 Å². The van der Waals surface area contributed by atoms with E-state index >= 15 is 0 Å². The van der Waals surface area contributed by atoms with Gasteiger partial charge in [0.05, 0.1) is 11.7 Å². The van der Waals surface area contributed by atoms with Gasteiger partial charge >= 0.3 is 5.97 Å². The molecule has 174 valence electrons. The van der Waals surface area contributed by atoms with Crippen molar-refractivity contribution in [1.82, 2.24) is 10.2 Å². The Morgan fingerprint density at radius 3 is 2.60 bits per heavy atom. The molecule has 1 aliphatic heterocycles. The Balaban J connectivity index is 1.62. The number of thioether (sulfide) groups is 1. The number of allylic oxidation sites excluding steroid dienone is 2. The molecule has 0 saturated heterocycles. The van der Waals surface area contributed by atoms with Gasteiger partial charge in [-0.05, 0) is 52.5 Å². The first kappa shape index (κ1) is 22.9. The third kappa shape index (κ3) is 5.00. The fourth-order valence-corrected chi connectivity index (χ4v) is 5.85. The minimum atomic E-state index is -0.948. The summed E-state index contributed by atoms with van der Waals surface area (Å²) in [6.45, 7) is 2.23. The molecule has 1 atom stereocenters.